The summed E-state index contributed by atoms with van der Waals surface area (Å²) in [6.45, 7) is 7.83. The van der Waals surface area contributed by atoms with Gasteiger partial charge in [-0.05, 0) is 38.2 Å². The molecule has 1 rings (SSSR count). The second-order valence-electron chi connectivity index (χ2n) is 4.47. The average Bonchev–Trinajstić information content (AvgIpc) is 2.42. The van der Waals surface area contributed by atoms with E-state index in [1.165, 1.54) is 4.57 Å². The molecule has 19 heavy (non-hydrogen) atoms. The third-order valence-corrected chi connectivity index (χ3v) is 3.20. The monoisotopic (exact) mass is 265 g/mol. The van der Waals surface area contributed by atoms with E-state index in [-0.39, 0.29) is 17.0 Å². The molecule has 0 unspecified atom stereocenters. The molecular formula is C14H23N3O2. The zero-order valence-electron chi connectivity index (χ0n) is 12.0. The number of rotatable bonds is 7. The van der Waals surface area contributed by atoms with E-state index in [4.69, 9.17) is 0 Å². The molecule has 1 aromatic rings. The maximum Gasteiger partial charge on any atom is 0.263 e. The molecule has 0 spiro atoms. The Labute approximate surface area is 114 Å². The molecule has 0 saturated carbocycles. The van der Waals surface area contributed by atoms with Crippen molar-refractivity contribution < 1.29 is 4.79 Å². The minimum Gasteiger partial charge on any atom is -0.352 e. The summed E-state index contributed by atoms with van der Waals surface area (Å²) in [6, 6.07) is 3.26. The molecule has 0 fully saturated rings. The highest BCUT2D eigenvalue weighted by Gasteiger charge is 2.10. The SMILES string of the molecule is CCN(CC)CCCNC(=O)c1cccn(C)c1=O. The summed E-state index contributed by atoms with van der Waals surface area (Å²) in [4.78, 5) is 25.9. The van der Waals surface area contributed by atoms with Gasteiger partial charge in [0.05, 0.1) is 0 Å². The Morgan fingerprint density at radius 2 is 2.05 bits per heavy atom. The summed E-state index contributed by atoms with van der Waals surface area (Å²) >= 11 is 0. The lowest BCUT2D eigenvalue weighted by Crippen LogP contribution is -2.34. The Morgan fingerprint density at radius 1 is 1.37 bits per heavy atom. The largest absolute Gasteiger partial charge is 0.352 e. The highest BCUT2D eigenvalue weighted by molar-refractivity contribution is 5.93. The van der Waals surface area contributed by atoms with Crippen molar-refractivity contribution in [3.8, 4) is 0 Å². The zero-order chi connectivity index (χ0) is 14.3. The van der Waals surface area contributed by atoms with Crippen molar-refractivity contribution in [2.24, 2.45) is 7.05 Å². The van der Waals surface area contributed by atoms with Gasteiger partial charge in [-0.1, -0.05) is 13.8 Å². The summed E-state index contributed by atoms with van der Waals surface area (Å²) in [7, 11) is 1.64. The Balaban J connectivity index is 2.44. The second kappa shape index (κ2) is 7.74. The van der Waals surface area contributed by atoms with Crippen molar-refractivity contribution in [2.75, 3.05) is 26.2 Å². The number of aryl methyl sites for hydroxylation is 1. The minimum absolute atomic E-state index is 0.202. The van der Waals surface area contributed by atoms with Crippen LogP contribution in [0.1, 0.15) is 30.6 Å². The average molecular weight is 265 g/mol. The lowest BCUT2D eigenvalue weighted by atomic mass is 10.2. The third-order valence-electron chi connectivity index (χ3n) is 3.20. The number of nitrogens with one attached hydrogen (secondary N) is 1. The fraction of sp³-hybridized carbons (Fsp3) is 0.571. The number of hydrogen-bond acceptors (Lipinski definition) is 3. The van der Waals surface area contributed by atoms with Gasteiger partial charge in [0.1, 0.15) is 5.56 Å². The number of hydrogen-bond donors (Lipinski definition) is 1. The number of carbonyl (C=O) groups is 1. The topological polar surface area (TPSA) is 54.3 Å². The van der Waals surface area contributed by atoms with Crippen molar-refractivity contribution in [1.82, 2.24) is 14.8 Å². The Bertz CT molecular complexity index is 464. The minimum atomic E-state index is -0.291. The summed E-state index contributed by atoms with van der Waals surface area (Å²) in [6.07, 6.45) is 2.53. The Hall–Kier alpha value is -1.62. The van der Waals surface area contributed by atoms with Crippen molar-refractivity contribution in [1.29, 1.82) is 0 Å². The third kappa shape index (κ3) is 4.52. The molecule has 0 aliphatic heterocycles. The predicted molar refractivity (Wildman–Crippen MR) is 76.4 cm³/mol. The van der Waals surface area contributed by atoms with Gasteiger partial charge in [-0.25, -0.2) is 0 Å². The first kappa shape index (κ1) is 15.4. The summed E-state index contributed by atoms with van der Waals surface area (Å²) in [5.74, 6) is -0.291. The van der Waals surface area contributed by atoms with Gasteiger partial charge < -0.3 is 14.8 Å². The van der Waals surface area contributed by atoms with Crippen molar-refractivity contribution in [2.45, 2.75) is 20.3 Å². The first-order valence-corrected chi connectivity index (χ1v) is 6.76. The lowest BCUT2D eigenvalue weighted by molar-refractivity contribution is 0.0950. The van der Waals surface area contributed by atoms with E-state index in [9.17, 15) is 9.59 Å². The fourth-order valence-corrected chi connectivity index (χ4v) is 1.91. The smallest absolute Gasteiger partial charge is 0.263 e. The van der Waals surface area contributed by atoms with Crippen LogP contribution >= 0.6 is 0 Å². The van der Waals surface area contributed by atoms with Gasteiger partial charge >= 0.3 is 0 Å². The van der Waals surface area contributed by atoms with Crippen LogP contribution in [0.4, 0.5) is 0 Å². The van der Waals surface area contributed by atoms with Crippen molar-refractivity contribution in [3.05, 3.63) is 34.2 Å². The van der Waals surface area contributed by atoms with Crippen molar-refractivity contribution in [3.63, 3.8) is 0 Å². The normalized spacial score (nSPS) is 10.7. The van der Waals surface area contributed by atoms with Crippen LogP contribution < -0.4 is 10.9 Å². The van der Waals surface area contributed by atoms with E-state index in [1.54, 1.807) is 25.4 Å². The Morgan fingerprint density at radius 3 is 2.68 bits per heavy atom. The van der Waals surface area contributed by atoms with Crippen LogP contribution in [0.5, 0.6) is 0 Å². The standard InChI is InChI=1S/C14H23N3O2/c1-4-17(5-2)11-7-9-15-13(18)12-8-6-10-16(3)14(12)19/h6,8,10H,4-5,7,9,11H2,1-3H3,(H,15,18). The lowest BCUT2D eigenvalue weighted by Gasteiger charge is -2.17. The van der Waals surface area contributed by atoms with Crippen LogP contribution in [-0.4, -0.2) is 41.6 Å². The number of carbonyl (C=O) groups excluding carboxylic acids is 1. The molecule has 1 amide bonds. The van der Waals surface area contributed by atoms with E-state index in [1.807, 2.05) is 0 Å². The van der Waals surface area contributed by atoms with Gasteiger partial charge in [0.15, 0.2) is 0 Å². The molecular weight excluding hydrogens is 242 g/mol. The van der Waals surface area contributed by atoms with Gasteiger partial charge in [-0.2, -0.15) is 0 Å². The number of amides is 1. The van der Waals surface area contributed by atoms with E-state index in [0.29, 0.717) is 6.54 Å². The summed E-state index contributed by atoms with van der Waals surface area (Å²) in [5.41, 5.74) is -0.0587. The number of aromatic nitrogens is 1. The molecule has 0 bridgehead atoms. The molecule has 0 saturated heterocycles. The second-order valence-corrected chi connectivity index (χ2v) is 4.47. The predicted octanol–water partition coefficient (Wildman–Crippen LogP) is 0.847. The molecule has 5 nitrogen and oxygen atoms in total. The molecule has 1 aromatic heterocycles. The highest BCUT2D eigenvalue weighted by Crippen LogP contribution is 1.93. The molecule has 0 atom stereocenters. The maximum atomic E-state index is 11.9. The molecule has 0 aliphatic rings. The van der Waals surface area contributed by atoms with Gasteiger partial charge in [0.25, 0.3) is 11.5 Å². The zero-order valence-corrected chi connectivity index (χ0v) is 12.0. The van der Waals surface area contributed by atoms with E-state index in [2.05, 4.69) is 24.1 Å². The number of nitrogens with zero attached hydrogens (tertiary/aromatic N) is 2. The molecule has 1 heterocycles. The van der Waals surface area contributed by atoms with Gasteiger partial charge in [-0.3, -0.25) is 9.59 Å². The summed E-state index contributed by atoms with van der Waals surface area (Å²) < 4.78 is 1.41. The molecule has 106 valence electrons. The van der Waals surface area contributed by atoms with E-state index >= 15 is 0 Å². The van der Waals surface area contributed by atoms with Gasteiger partial charge in [-0.15, -0.1) is 0 Å². The first-order chi connectivity index (χ1) is 9.10. The molecule has 0 aromatic carbocycles. The molecule has 0 radical (unpaired) electrons. The molecule has 5 heteroatoms. The molecule has 1 N–H and O–H groups in total. The van der Waals surface area contributed by atoms with Gasteiger partial charge in [0, 0.05) is 19.8 Å². The first-order valence-electron chi connectivity index (χ1n) is 6.76. The van der Waals surface area contributed by atoms with Crippen LogP contribution in [0.15, 0.2) is 23.1 Å². The van der Waals surface area contributed by atoms with Crippen LogP contribution in [-0.2, 0) is 7.05 Å². The summed E-state index contributed by atoms with van der Waals surface area (Å²) in [5, 5.41) is 2.79. The van der Waals surface area contributed by atoms with E-state index in [0.717, 1.165) is 26.1 Å². The van der Waals surface area contributed by atoms with Crippen LogP contribution in [0.25, 0.3) is 0 Å². The van der Waals surface area contributed by atoms with Gasteiger partial charge in [0.2, 0.25) is 0 Å². The molecule has 0 aliphatic carbocycles. The quantitative estimate of drug-likeness (QED) is 0.744. The maximum absolute atomic E-state index is 11.9. The van der Waals surface area contributed by atoms with Crippen molar-refractivity contribution >= 4 is 5.91 Å². The van der Waals surface area contributed by atoms with Crippen LogP contribution in [0, 0.1) is 0 Å². The van der Waals surface area contributed by atoms with E-state index < -0.39 is 0 Å². The van der Waals surface area contributed by atoms with Crippen LogP contribution in [0.2, 0.25) is 0 Å². The van der Waals surface area contributed by atoms with Crippen LogP contribution in [0.3, 0.4) is 0 Å². The Kier molecular flexibility index (Phi) is 6.29. The number of pyridine rings is 1. The fourth-order valence-electron chi connectivity index (χ4n) is 1.91. The highest BCUT2D eigenvalue weighted by atomic mass is 16.2.